The van der Waals surface area contributed by atoms with Crippen molar-refractivity contribution in [2.75, 3.05) is 6.61 Å². The van der Waals surface area contributed by atoms with Gasteiger partial charge >= 0.3 is 8.32 Å². The van der Waals surface area contributed by atoms with Crippen molar-refractivity contribution in [2.45, 2.75) is 19.9 Å². The van der Waals surface area contributed by atoms with Crippen molar-refractivity contribution in [3.05, 3.63) is 0 Å². The smallest absolute Gasteiger partial charge is 0.394 e. The highest BCUT2D eigenvalue weighted by molar-refractivity contribution is 6.87. The molecule has 0 aliphatic heterocycles. The number of nitriles is 2. The van der Waals surface area contributed by atoms with Gasteiger partial charge in [0.25, 0.3) is 0 Å². The topological polar surface area (TPSA) is 56.8 Å². The zero-order valence-electron chi connectivity index (χ0n) is 6.22. The van der Waals surface area contributed by atoms with Crippen LogP contribution in [0.15, 0.2) is 0 Å². The SMILES string of the molecule is CCO[Si](C#N)(C#N)CC. The molecule has 0 aliphatic carbocycles. The van der Waals surface area contributed by atoms with Crippen molar-refractivity contribution in [1.29, 1.82) is 10.5 Å². The summed E-state index contributed by atoms with van der Waals surface area (Å²) in [6, 6.07) is 0.549. The van der Waals surface area contributed by atoms with Gasteiger partial charge in [-0.2, -0.15) is 0 Å². The Bertz CT molecular complexity index is 165. The molecule has 0 saturated heterocycles. The van der Waals surface area contributed by atoms with Crippen molar-refractivity contribution in [3.8, 4) is 11.4 Å². The summed E-state index contributed by atoms with van der Waals surface area (Å²) >= 11 is 0. The van der Waals surface area contributed by atoms with Gasteiger partial charge in [-0.1, -0.05) is 6.92 Å². The van der Waals surface area contributed by atoms with Crippen LogP contribution in [-0.4, -0.2) is 14.9 Å². The van der Waals surface area contributed by atoms with Crippen LogP contribution in [0.4, 0.5) is 0 Å². The van der Waals surface area contributed by atoms with Crippen molar-refractivity contribution in [1.82, 2.24) is 0 Å². The average Bonchev–Trinajstić information content (AvgIpc) is 2.01. The predicted molar refractivity (Wildman–Crippen MR) is 39.1 cm³/mol. The van der Waals surface area contributed by atoms with Gasteiger partial charge in [0.2, 0.25) is 0 Å². The molecule has 0 amide bonds. The average molecular weight is 154 g/mol. The third-order valence-electron chi connectivity index (χ3n) is 1.25. The van der Waals surface area contributed by atoms with Crippen LogP contribution in [0, 0.1) is 21.9 Å². The number of rotatable bonds is 3. The van der Waals surface area contributed by atoms with Gasteiger partial charge in [0.05, 0.1) is 11.4 Å². The van der Waals surface area contributed by atoms with E-state index >= 15 is 0 Å². The van der Waals surface area contributed by atoms with Gasteiger partial charge in [-0.15, -0.1) is 0 Å². The Balaban J connectivity index is 4.24. The molecule has 0 atom stereocenters. The molecule has 0 N–H and O–H groups in total. The monoisotopic (exact) mass is 154 g/mol. The maximum Gasteiger partial charge on any atom is 0.414 e. The first-order chi connectivity index (χ1) is 4.74. The van der Waals surface area contributed by atoms with Crippen molar-refractivity contribution in [3.63, 3.8) is 0 Å². The maximum atomic E-state index is 8.57. The fourth-order valence-electron chi connectivity index (χ4n) is 0.596. The molecule has 0 spiro atoms. The zero-order valence-corrected chi connectivity index (χ0v) is 7.22. The first-order valence-corrected chi connectivity index (χ1v) is 5.32. The Morgan fingerprint density at radius 2 is 1.80 bits per heavy atom. The molecule has 4 heteroatoms. The summed E-state index contributed by atoms with van der Waals surface area (Å²) in [5.41, 5.74) is 3.94. The van der Waals surface area contributed by atoms with E-state index in [1.54, 1.807) is 6.92 Å². The van der Waals surface area contributed by atoms with E-state index in [1.165, 1.54) is 0 Å². The summed E-state index contributed by atoms with van der Waals surface area (Å²) in [5, 5.41) is 17.1. The van der Waals surface area contributed by atoms with Gasteiger partial charge in [-0.05, 0) is 13.0 Å². The molecule has 0 unspecified atom stereocenters. The van der Waals surface area contributed by atoms with Crippen molar-refractivity contribution < 1.29 is 4.43 Å². The van der Waals surface area contributed by atoms with E-state index in [4.69, 9.17) is 14.9 Å². The molecule has 0 aromatic carbocycles. The summed E-state index contributed by atoms with van der Waals surface area (Å²) in [6.45, 7) is 4.07. The molecule has 0 saturated carbocycles. The van der Waals surface area contributed by atoms with Gasteiger partial charge in [0, 0.05) is 6.61 Å². The van der Waals surface area contributed by atoms with Crippen LogP contribution in [0.1, 0.15) is 13.8 Å². The number of hydrogen-bond acceptors (Lipinski definition) is 3. The summed E-state index contributed by atoms with van der Waals surface area (Å²) in [7, 11) is -2.61. The van der Waals surface area contributed by atoms with E-state index in [2.05, 4.69) is 0 Å². The molecular weight excluding hydrogens is 144 g/mol. The van der Waals surface area contributed by atoms with Crippen LogP contribution in [0.5, 0.6) is 0 Å². The first-order valence-electron chi connectivity index (χ1n) is 3.21. The standard InChI is InChI=1S/C6H10N2OSi/c1-3-9-10(4-2,5-7)6-8/h3-4H2,1-2H3. The third kappa shape index (κ3) is 1.84. The Morgan fingerprint density at radius 3 is 1.90 bits per heavy atom. The Kier molecular flexibility index (Phi) is 3.71. The van der Waals surface area contributed by atoms with Crippen LogP contribution < -0.4 is 0 Å². The van der Waals surface area contributed by atoms with E-state index in [0.717, 1.165) is 0 Å². The number of hydrogen-bond donors (Lipinski definition) is 0. The second-order valence-electron chi connectivity index (χ2n) is 1.84. The first kappa shape index (κ1) is 9.16. The third-order valence-corrected chi connectivity index (χ3v) is 3.75. The molecular formula is C6H10N2OSi. The molecule has 10 heavy (non-hydrogen) atoms. The Hall–Kier alpha value is -0.843. The molecule has 0 bridgehead atoms. The lowest BCUT2D eigenvalue weighted by Gasteiger charge is -2.10. The van der Waals surface area contributed by atoms with Gasteiger partial charge in [-0.25, -0.2) is 10.5 Å². The van der Waals surface area contributed by atoms with Gasteiger partial charge in [0.15, 0.2) is 0 Å². The minimum atomic E-state index is -2.61. The van der Waals surface area contributed by atoms with E-state index < -0.39 is 8.32 Å². The largest absolute Gasteiger partial charge is 0.414 e. The minimum absolute atomic E-state index is 0.460. The second-order valence-corrected chi connectivity index (χ2v) is 4.93. The lowest BCUT2D eigenvalue weighted by Crippen LogP contribution is -2.34. The van der Waals surface area contributed by atoms with Gasteiger partial charge < -0.3 is 4.43 Å². The lowest BCUT2D eigenvalue weighted by atomic mass is 10.9. The summed E-state index contributed by atoms with van der Waals surface area (Å²) < 4.78 is 5.09. The zero-order chi connectivity index (χ0) is 8.04. The van der Waals surface area contributed by atoms with Crippen LogP contribution in [-0.2, 0) is 4.43 Å². The minimum Gasteiger partial charge on any atom is -0.394 e. The summed E-state index contributed by atoms with van der Waals surface area (Å²) in [6.07, 6.45) is 0. The quantitative estimate of drug-likeness (QED) is 0.572. The van der Waals surface area contributed by atoms with E-state index in [1.807, 2.05) is 18.3 Å². The molecule has 54 valence electrons. The summed E-state index contributed by atoms with van der Waals surface area (Å²) in [5.74, 6) is 0. The fraction of sp³-hybridized carbons (Fsp3) is 0.667. The van der Waals surface area contributed by atoms with Crippen LogP contribution in [0.25, 0.3) is 0 Å². The highest BCUT2D eigenvalue weighted by Gasteiger charge is 2.34. The summed E-state index contributed by atoms with van der Waals surface area (Å²) in [4.78, 5) is 0. The highest BCUT2D eigenvalue weighted by Crippen LogP contribution is 2.07. The molecule has 0 heterocycles. The van der Waals surface area contributed by atoms with Gasteiger partial charge in [-0.3, -0.25) is 0 Å². The predicted octanol–water partition coefficient (Wildman–Crippen LogP) is 1.11. The van der Waals surface area contributed by atoms with E-state index in [-0.39, 0.29) is 0 Å². The molecule has 0 radical (unpaired) electrons. The fourth-order valence-corrected chi connectivity index (χ4v) is 1.79. The molecule has 0 rings (SSSR count). The highest BCUT2D eigenvalue weighted by atomic mass is 28.4. The van der Waals surface area contributed by atoms with Crippen LogP contribution >= 0.6 is 0 Å². The Morgan fingerprint density at radius 1 is 1.30 bits per heavy atom. The number of nitrogens with zero attached hydrogens (tertiary/aromatic N) is 2. The van der Waals surface area contributed by atoms with E-state index in [9.17, 15) is 0 Å². The van der Waals surface area contributed by atoms with Gasteiger partial charge in [0.1, 0.15) is 0 Å². The lowest BCUT2D eigenvalue weighted by molar-refractivity contribution is 0.340. The molecule has 0 aromatic heterocycles. The molecule has 3 nitrogen and oxygen atoms in total. The molecule has 0 aliphatic rings. The second kappa shape index (κ2) is 4.05. The maximum absolute atomic E-state index is 8.57. The van der Waals surface area contributed by atoms with Crippen molar-refractivity contribution in [2.24, 2.45) is 0 Å². The molecule has 0 fully saturated rings. The van der Waals surface area contributed by atoms with Crippen molar-refractivity contribution >= 4 is 8.32 Å². The van der Waals surface area contributed by atoms with E-state index in [0.29, 0.717) is 12.7 Å². The van der Waals surface area contributed by atoms with Crippen LogP contribution in [0.2, 0.25) is 6.04 Å². The normalized spacial score (nSPS) is 10.0. The molecule has 0 aromatic rings. The Labute approximate surface area is 62.0 Å². The van der Waals surface area contributed by atoms with Crippen LogP contribution in [0.3, 0.4) is 0 Å².